The molecule has 5 nitrogen and oxygen atoms in total. The van der Waals surface area contributed by atoms with Crippen molar-refractivity contribution >= 4 is 11.8 Å². The molecular weight excluding hydrogens is 218 g/mol. The Kier molecular flexibility index (Phi) is 6.80. The number of nitrogens with one attached hydrogen (secondary N) is 1. The van der Waals surface area contributed by atoms with Crippen molar-refractivity contribution in [3.63, 3.8) is 0 Å². The fourth-order valence-corrected chi connectivity index (χ4v) is 1.72. The summed E-state index contributed by atoms with van der Waals surface area (Å²) in [5.41, 5.74) is 5.81. The molecule has 1 unspecified atom stereocenters. The van der Waals surface area contributed by atoms with Gasteiger partial charge in [-0.3, -0.25) is 9.59 Å². The molecule has 0 radical (unpaired) electrons. The molecule has 0 aliphatic carbocycles. The third kappa shape index (κ3) is 5.68. The zero-order chi connectivity index (χ0) is 13.6. The zero-order valence-electron chi connectivity index (χ0n) is 11.5. The van der Waals surface area contributed by atoms with Crippen LogP contribution in [0.25, 0.3) is 0 Å². The van der Waals surface area contributed by atoms with Gasteiger partial charge in [-0.25, -0.2) is 0 Å². The Balaban J connectivity index is 4.26. The molecule has 100 valence electrons. The van der Waals surface area contributed by atoms with Crippen LogP contribution in [0, 0.1) is 11.8 Å². The maximum atomic E-state index is 11.9. The smallest absolute Gasteiger partial charge is 0.239 e. The Bertz CT molecular complexity index is 266. The largest absolute Gasteiger partial charge is 0.359 e. The maximum absolute atomic E-state index is 11.9. The van der Waals surface area contributed by atoms with E-state index in [1.165, 1.54) is 4.90 Å². The van der Waals surface area contributed by atoms with E-state index in [2.05, 4.69) is 5.32 Å². The highest BCUT2D eigenvalue weighted by atomic mass is 16.2. The van der Waals surface area contributed by atoms with Crippen molar-refractivity contribution in [1.29, 1.82) is 0 Å². The van der Waals surface area contributed by atoms with Crippen molar-refractivity contribution in [2.45, 2.75) is 33.2 Å². The van der Waals surface area contributed by atoms with E-state index in [1.807, 2.05) is 13.8 Å². The second-order valence-electron chi connectivity index (χ2n) is 4.97. The Hall–Kier alpha value is -1.10. The molecule has 0 saturated heterocycles. The fourth-order valence-electron chi connectivity index (χ4n) is 1.72. The van der Waals surface area contributed by atoms with Gasteiger partial charge in [0.2, 0.25) is 11.8 Å². The first-order valence-electron chi connectivity index (χ1n) is 6.01. The van der Waals surface area contributed by atoms with Gasteiger partial charge in [-0.2, -0.15) is 0 Å². The summed E-state index contributed by atoms with van der Waals surface area (Å²) in [6.45, 7) is 6.24. The average Bonchev–Trinajstić information content (AvgIpc) is 2.25. The maximum Gasteiger partial charge on any atom is 0.239 e. The molecule has 0 fully saturated rings. The molecule has 2 amide bonds. The minimum absolute atomic E-state index is 0.0675. The average molecular weight is 243 g/mol. The van der Waals surface area contributed by atoms with E-state index in [9.17, 15) is 9.59 Å². The monoisotopic (exact) mass is 243 g/mol. The first-order chi connectivity index (χ1) is 7.79. The van der Waals surface area contributed by atoms with Gasteiger partial charge in [-0.15, -0.1) is 0 Å². The lowest BCUT2D eigenvalue weighted by Crippen LogP contribution is -2.45. The van der Waals surface area contributed by atoms with Crippen LogP contribution in [0.15, 0.2) is 0 Å². The van der Waals surface area contributed by atoms with E-state index in [0.717, 1.165) is 0 Å². The van der Waals surface area contributed by atoms with Crippen molar-refractivity contribution in [1.82, 2.24) is 10.2 Å². The van der Waals surface area contributed by atoms with Gasteiger partial charge in [0, 0.05) is 20.6 Å². The Labute approximate surface area is 104 Å². The number of amides is 2. The van der Waals surface area contributed by atoms with Crippen LogP contribution in [0.2, 0.25) is 0 Å². The Morgan fingerprint density at radius 3 is 2.24 bits per heavy atom. The van der Waals surface area contributed by atoms with Gasteiger partial charge in [-0.1, -0.05) is 20.8 Å². The van der Waals surface area contributed by atoms with Crippen LogP contribution in [0.3, 0.4) is 0 Å². The van der Waals surface area contributed by atoms with Gasteiger partial charge in [0.25, 0.3) is 0 Å². The quantitative estimate of drug-likeness (QED) is 0.700. The molecule has 0 aromatic carbocycles. The molecule has 0 heterocycles. The van der Waals surface area contributed by atoms with Crippen molar-refractivity contribution in [3.8, 4) is 0 Å². The topological polar surface area (TPSA) is 75.4 Å². The summed E-state index contributed by atoms with van der Waals surface area (Å²) in [5.74, 6) is -0.00421. The molecule has 0 aromatic rings. The minimum Gasteiger partial charge on any atom is -0.359 e. The number of rotatable bonds is 6. The predicted octanol–water partition coefficient (Wildman–Crippen LogP) is 0.200. The molecule has 17 heavy (non-hydrogen) atoms. The number of carbonyl (C=O) groups is 2. The molecule has 0 saturated carbocycles. The van der Waals surface area contributed by atoms with E-state index in [0.29, 0.717) is 18.9 Å². The standard InChI is InChI=1S/C12H25N3O2/c1-8(2)6-10(13)12(17)15(5)7-9(3)11(16)14-4/h8-10H,6-7,13H2,1-5H3,(H,14,16)/t9?,10-/m0/s1. The number of likely N-dealkylation sites (N-methyl/N-ethyl adjacent to an activating group) is 1. The molecule has 0 aromatic heterocycles. The number of nitrogens with two attached hydrogens (primary N) is 1. The molecular formula is C12H25N3O2. The highest BCUT2D eigenvalue weighted by Gasteiger charge is 2.22. The van der Waals surface area contributed by atoms with Crippen LogP contribution >= 0.6 is 0 Å². The van der Waals surface area contributed by atoms with Gasteiger partial charge >= 0.3 is 0 Å². The summed E-state index contributed by atoms with van der Waals surface area (Å²) >= 11 is 0. The normalized spacial score (nSPS) is 14.3. The minimum atomic E-state index is -0.475. The van der Waals surface area contributed by atoms with E-state index >= 15 is 0 Å². The fraction of sp³-hybridized carbons (Fsp3) is 0.833. The molecule has 0 spiro atoms. The summed E-state index contributed by atoms with van der Waals surface area (Å²) in [6, 6.07) is -0.475. The van der Waals surface area contributed by atoms with E-state index < -0.39 is 6.04 Å². The number of carbonyl (C=O) groups excluding carboxylic acids is 2. The summed E-state index contributed by atoms with van der Waals surface area (Å²) in [7, 11) is 3.27. The molecule has 5 heteroatoms. The van der Waals surface area contributed by atoms with Crippen LogP contribution in [-0.2, 0) is 9.59 Å². The van der Waals surface area contributed by atoms with Crippen LogP contribution in [-0.4, -0.2) is 43.4 Å². The SMILES string of the molecule is CNC(=O)C(C)CN(C)C(=O)[C@@H](N)CC(C)C. The van der Waals surface area contributed by atoms with Gasteiger partial charge < -0.3 is 16.0 Å². The van der Waals surface area contributed by atoms with Crippen LogP contribution in [0.5, 0.6) is 0 Å². The van der Waals surface area contributed by atoms with Gasteiger partial charge in [0.05, 0.1) is 12.0 Å². The molecule has 0 aliphatic rings. The lowest BCUT2D eigenvalue weighted by Gasteiger charge is -2.24. The first kappa shape index (κ1) is 15.9. The highest BCUT2D eigenvalue weighted by Crippen LogP contribution is 2.06. The predicted molar refractivity (Wildman–Crippen MR) is 68.3 cm³/mol. The third-order valence-electron chi connectivity index (χ3n) is 2.66. The third-order valence-corrected chi connectivity index (χ3v) is 2.66. The van der Waals surface area contributed by atoms with Crippen LogP contribution in [0.4, 0.5) is 0 Å². The number of hydrogen-bond acceptors (Lipinski definition) is 3. The second-order valence-corrected chi connectivity index (χ2v) is 4.97. The summed E-state index contributed by atoms with van der Waals surface area (Å²) < 4.78 is 0. The molecule has 0 rings (SSSR count). The van der Waals surface area contributed by atoms with E-state index in [-0.39, 0.29) is 17.7 Å². The highest BCUT2D eigenvalue weighted by molar-refractivity contribution is 5.83. The lowest BCUT2D eigenvalue weighted by atomic mass is 10.0. The lowest BCUT2D eigenvalue weighted by molar-refractivity contribution is -0.133. The Morgan fingerprint density at radius 1 is 1.29 bits per heavy atom. The van der Waals surface area contributed by atoms with Gasteiger partial charge in [-0.05, 0) is 12.3 Å². The molecule has 3 N–H and O–H groups in total. The summed E-state index contributed by atoms with van der Waals surface area (Å²) in [6.07, 6.45) is 0.664. The van der Waals surface area contributed by atoms with Gasteiger partial charge in [0.15, 0.2) is 0 Å². The van der Waals surface area contributed by atoms with Crippen molar-refractivity contribution in [2.75, 3.05) is 20.6 Å². The van der Waals surface area contributed by atoms with Crippen molar-refractivity contribution in [3.05, 3.63) is 0 Å². The molecule has 0 bridgehead atoms. The second kappa shape index (κ2) is 7.27. The van der Waals surface area contributed by atoms with Gasteiger partial charge in [0.1, 0.15) is 0 Å². The van der Waals surface area contributed by atoms with Crippen LogP contribution < -0.4 is 11.1 Å². The number of nitrogens with zero attached hydrogens (tertiary/aromatic N) is 1. The number of hydrogen-bond donors (Lipinski definition) is 2. The molecule has 0 aliphatic heterocycles. The summed E-state index contributed by atoms with van der Waals surface area (Å²) in [4.78, 5) is 24.8. The molecule has 2 atom stereocenters. The van der Waals surface area contributed by atoms with E-state index in [4.69, 9.17) is 5.73 Å². The van der Waals surface area contributed by atoms with Crippen LogP contribution in [0.1, 0.15) is 27.2 Å². The van der Waals surface area contributed by atoms with Crippen molar-refractivity contribution in [2.24, 2.45) is 17.6 Å². The Morgan fingerprint density at radius 2 is 1.82 bits per heavy atom. The van der Waals surface area contributed by atoms with Crippen molar-refractivity contribution < 1.29 is 9.59 Å². The first-order valence-corrected chi connectivity index (χ1v) is 6.01. The van der Waals surface area contributed by atoms with E-state index in [1.54, 1.807) is 21.0 Å². The zero-order valence-corrected chi connectivity index (χ0v) is 11.5. The summed E-state index contributed by atoms with van der Waals surface area (Å²) in [5, 5.41) is 2.56.